The lowest BCUT2D eigenvalue weighted by atomic mass is 10.0. The Morgan fingerprint density at radius 3 is 2.36 bits per heavy atom. The van der Waals surface area contributed by atoms with Gasteiger partial charge in [0, 0.05) is 39.8 Å². The van der Waals surface area contributed by atoms with E-state index in [2.05, 4.69) is 19.6 Å². The molecular weight excluding hydrogens is 589 g/mol. The molecule has 4 rings (SSSR count). The van der Waals surface area contributed by atoms with Crippen LogP contribution in [0.4, 0.5) is 24.5 Å². The van der Waals surface area contributed by atoms with Gasteiger partial charge in [-0.2, -0.15) is 13.2 Å². The van der Waals surface area contributed by atoms with E-state index < -0.39 is 48.6 Å². The van der Waals surface area contributed by atoms with Gasteiger partial charge in [0.1, 0.15) is 6.73 Å². The van der Waals surface area contributed by atoms with Crippen LogP contribution in [0.1, 0.15) is 53.3 Å². The zero-order chi connectivity index (χ0) is 30.7. The minimum atomic E-state index is -4.70. The summed E-state index contributed by atoms with van der Waals surface area (Å²) in [5.74, 6) is -0.737. The predicted octanol–water partition coefficient (Wildman–Crippen LogP) is 6.45. The first kappa shape index (κ1) is 32.3. The fourth-order valence-corrected chi connectivity index (χ4v) is 7.35. The second-order valence-corrected chi connectivity index (χ2v) is 19.3. The molecule has 1 atom stereocenters. The molecule has 2 aliphatic heterocycles. The maximum absolute atomic E-state index is 14.6. The van der Waals surface area contributed by atoms with Crippen molar-refractivity contribution in [3.05, 3.63) is 53.1 Å². The first-order chi connectivity index (χ1) is 19.7. The number of rotatable bonds is 11. The monoisotopic (exact) mass is 628 g/mol. The third kappa shape index (κ3) is 7.47. The summed E-state index contributed by atoms with van der Waals surface area (Å²) in [5.41, 5.74) is -0.382. The molecule has 0 saturated carbocycles. The highest BCUT2D eigenvalue weighted by Gasteiger charge is 2.38. The van der Waals surface area contributed by atoms with Crippen LogP contribution in [-0.4, -0.2) is 62.6 Å². The molecule has 0 spiro atoms. The van der Waals surface area contributed by atoms with Crippen molar-refractivity contribution in [2.45, 2.75) is 68.5 Å². The molecule has 2 aromatic carbocycles. The van der Waals surface area contributed by atoms with E-state index in [0.29, 0.717) is 37.4 Å². The Balaban J connectivity index is 1.89. The molecular formula is C29H39F3N2O6SSi. The Hall–Kier alpha value is -2.61. The molecule has 2 aromatic rings. The summed E-state index contributed by atoms with van der Waals surface area (Å²) in [7, 11) is -4.94. The molecule has 2 heterocycles. The van der Waals surface area contributed by atoms with Crippen molar-refractivity contribution in [1.82, 2.24) is 0 Å². The predicted molar refractivity (Wildman–Crippen MR) is 157 cm³/mol. The largest absolute Gasteiger partial charge is 0.465 e. The number of piperidine rings is 1. The van der Waals surface area contributed by atoms with E-state index >= 15 is 0 Å². The smallest absolute Gasteiger partial charge is 0.416 e. The van der Waals surface area contributed by atoms with Crippen LogP contribution in [0, 0.1) is 0 Å². The van der Waals surface area contributed by atoms with E-state index in [1.807, 2.05) is 4.90 Å². The molecule has 0 amide bonds. The Bertz CT molecular complexity index is 1370. The van der Waals surface area contributed by atoms with Gasteiger partial charge in [-0.05, 0) is 55.6 Å². The van der Waals surface area contributed by atoms with Gasteiger partial charge in [-0.25, -0.2) is 17.5 Å². The molecule has 8 nitrogen and oxygen atoms in total. The quantitative estimate of drug-likeness (QED) is 0.122. The number of hydrogen-bond acceptors (Lipinski definition) is 7. The fraction of sp³-hybridized carbons (Fsp3) is 0.552. The summed E-state index contributed by atoms with van der Waals surface area (Å²) in [4.78, 5) is 14.1. The summed E-state index contributed by atoms with van der Waals surface area (Å²) < 4.78 is 88.4. The van der Waals surface area contributed by atoms with E-state index in [4.69, 9.17) is 14.2 Å². The van der Waals surface area contributed by atoms with Gasteiger partial charge >= 0.3 is 12.1 Å². The minimum Gasteiger partial charge on any atom is -0.465 e. The molecule has 0 aliphatic carbocycles. The van der Waals surface area contributed by atoms with Crippen LogP contribution < -0.4 is 9.21 Å². The van der Waals surface area contributed by atoms with Gasteiger partial charge in [-0.1, -0.05) is 25.7 Å². The molecule has 0 aromatic heterocycles. The van der Waals surface area contributed by atoms with Crippen LogP contribution >= 0.6 is 0 Å². The third-order valence-electron chi connectivity index (χ3n) is 7.52. The minimum absolute atomic E-state index is 0.000884. The van der Waals surface area contributed by atoms with Gasteiger partial charge in [-0.3, -0.25) is 0 Å². The molecule has 232 valence electrons. The molecule has 0 N–H and O–H groups in total. The SMILES string of the molecule is COC(=O)c1ccc(C2CCO2)c(S(=O)(=O)N(COCC[Si](C)(C)C)c2cc(C(F)(F)F)ccc2N2CCCCC2)c1. The van der Waals surface area contributed by atoms with E-state index in [0.717, 1.165) is 41.7 Å². The normalized spacial score (nSPS) is 18.0. The molecule has 42 heavy (non-hydrogen) atoms. The van der Waals surface area contributed by atoms with Crippen molar-refractivity contribution in [1.29, 1.82) is 0 Å². The molecule has 2 fully saturated rings. The molecule has 2 saturated heterocycles. The van der Waals surface area contributed by atoms with Crippen LogP contribution in [0.25, 0.3) is 0 Å². The number of anilines is 2. The standard InChI is InChI=1S/C29H39F3N2O6SSi/c1-38-28(35)21-8-10-23(26-12-15-40-26)27(18-21)41(36,37)34(20-39-16-17-42(2,3)4)25-19-22(29(30,31)32)9-11-24(25)33-13-6-5-7-14-33/h8-11,18-19,26H,5-7,12-17,20H2,1-4H3. The highest BCUT2D eigenvalue weighted by Crippen LogP contribution is 2.42. The van der Waals surface area contributed by atoms with Gasteiger partial charge in [-0.15, -0.1) is 0 Å². The maximum atomic E-state index is 14.6. The van der Waals surface area contributed by atoms with Crippen LogP contribution in [0.2, 0.25) is 25.7 Å². The lowest BCUT2D eigenvalue weighted by molar-refractivity contribution is -0.137. The summed E-state index contributed by atoms with van der Waals surface area (Å²) >= 11 is 0. The Kier molecular flexibility index (Phi) is 9.95. The van der Waals surface area contributed by atoms with Gasteiger partial charge < -0.3 is 19.1 Å². The van der Waals surface area contributed by atoms with Crippen LogP contribution in [0.5, 0.6) is 0 Å². The van der Waals surface area contributed by atoms with Crippen molar-refractivity contribution in [2.75, 3.05) is 49.3 Å². The van der Waals surface area contributed by atoms with Gasteiger partial charge in [0.05, 0.1) is 47.2 Å². The molecule has 2 aliphatic rings. The summed E-state index contributed by atoms with van der Waals surface area (Å²) in [6, 6.07) is 8.12. The number of methoxy groups -OCH3 is 1. The zero-order valence-electron chi connectivity index (χ0n) is 24.5. The number of esters is 1. The topological polar surface area (TPSA) is 85.4 Å². The number of carbonyl (C=O) groups is 1. The highest BCUT2D eigenvalue weighted by atomic mass is 32.2. The molecule has 0 bridgehead atoms. The molecule has 13 heteroatoms. The van der Waals surface area contributed by atoms with Crippen molar-refractivity contribution in [3.63, 3.8) is 0 Å². The second kappa shape index (κ2) is 12.9. The van der Waals surface area contributed by atoms with Crippen molar-refractivity contribution < 1.29 is 40.6 Å². The van der Waals surface area contributed by atoms with Gasteiger partial charge in [0.2, 0.25) is 0 Å². The second-order valence-electron chi connectivity index (χ2n) is 11.8. The number of hydrogen-bond donors (Lipinski definition) is 0. The summed E-state index contributed by atoms with van der Waals surface area (Å²) in [5, 5.41) is 0. The average molecular weight is 629 g/mol. The summed E-state index contributed by atoms with van der Waals surface area (Å²) in [6.07, 6.45) is -2.00. The van der Waals surface area contributed by atoms with E-state index in [1.54, 1.807) is 0 Å². The molecule has 1 unspecified atom stereocenters. The Morgan fingerprint density at radius 1 is 1.10 bits per heavy atom. The number of alkyl halides is 3. The average Bonchev–Trinajstić information content (AvgIpc) is 2.90. The van der Waals surface area contributed by atoms with Gasteiger partial charge in [0.15, 0.2) is 0 Å². The zero-order valence-corrected chi connectivity index (χ0v) is 26.3. The summed E-state index contributed by atoms with van der Waals surface area (Å²) in [6.45, 7) is 7.81. The first-order valence-corrected chi connectivity index (χ1v) is 19.3. The lowest BCUT2D eigenvalue weighted by Gasteiger charge is -2.35. The number of carbonyl (C=O) groups excluding carboxylic acids is 1. The van der Waals surface area contributed by atoms with E-state index in [-0.39, 0.29) is 22.8 Å². The number of halogens is 3. The molecule has 0 radical (unpaired) electrons. The third-order valence-corrected chi connectivity index (χ3v) is 11.0. The lowest BCUT2D eigenvalue weighted by Crippen LogP contribution is -2.38. The number of benzene rings is 2. The Morgan fingerprint density at radius 2 is 1.79 bits per heavy atom. The number of sulfonamides is 1. The van der Waals surface area contributed by atoms with Crippen LogP contribution in [-0.2, 0) is 30.4 Å². The van der Waals surface area contributed by atoms with Crippen LogP contribution in [0.3, 0.4) is 0 Å². The fourth-order valence-electron chi connectivity index (χ4n) is 4.96. The van der Waals surface area contributed by atoms with E-state index in [9.17, 15) is 26.4 Å². The van der Waals surface area contributed by atoms with Crippen molar-refractivity contribution >= 4 is 35.4 Å². The van der Waals surface area contributed by atoms with Crippen LogP contribution in [0.15, 0.2) is 41.3 Å². The van der Waals surface area contributed by atoms with Crippen molar-refractivity contribution in [3.8, 4) is 0 Å². The van der Waals surface area contributed by atoms with Gasteiger partial charge in [0.25, 0.3) is 10.0 Å². The van der Waals surface area contributed by atoms with E-state index in [1.165, 1.54) is 31.4 Å². The highest BCUT2D eigenvalue weighted by molar-refractivity contribution is 7.92. The van der Waals surface area contributed by atoms with Crippen molar-refractivity contribution in [2.24, 2.45) is 0 Å². The maximum Gasteiger partial charge on any atom is 0.416 e. The number of nitrogens with zero attached hydrogens (tertiary/aromatic N) is 2. The number of ether oxygens (including phenoxy) is 3. The first-order valence-electron chi connectivity index (χ1n) is 14.1. The Labute approximate surface area is 246 Å².